The molecular formula is C9H8N2O3S. The summed E-state index contributed by atoms with van der Waals surface area (Å²) in [4.78, 5) is 4.02. The highest BCUT2D eigenvalue weighted by molar-refractivity contribution is 7.84. The molecule has 0 aliphatic carbocycles. The van der Waals surface area contributed by atoms with Crippen molar-refractivity contribution in [1.29, 1.82) is 0 Å². The zero-order valence-corrected chi connectivity index (χ0v) is 8.44. The van der Waals surface area contributed by atoms with Crippen molar-refractivity contribution in [1.82, 2.24) is 4.98 Å². The van der Waals surface area contributed by atoms with Crippen LogP contribution in [0.3, 0.4) is 0 Å². The lowest BCUT2D eigenvalue weighted by Gasteiger charge is -2.02. The molecule has 0 aliphatic heterocycles. The Morgan fingerprint density at radius 1 is 1.27 bits per heavy atom. The number of nitrogens with zero attached hydrogens (tertiary/aromatic N) is 1. The standard InChI is InChI=1S/C9H8N2O3S/c10-15(12,13)14-8-5-7-3-1-2-4-9(7)11-6-8/h1-6H,(H2,10,12,13). The van der Waals surface area contributed by atoms with E-state index in [1.807, 2.05) is 18.2 Å². The second kappa shape index (κ2) is 3.48. The second-order valence-electron chi connectivity index (χ2n) is 2.94. The molecule has 0 spiro atoms. The van der Waals surface area contributed by atoms with Crippen molar-refractivity contribution in [2.24, 2.45) is 5.14 Å². The van der Waals surface area contributed by atoms with Crippen molar-refractivity contribution in [2.75, 3.05) is 0 Å². The second-order valence-corrected chi connectivity index (χ2v) is 4.09. The summed E-state index contributed by atoms with van der Waals surface area (Å²) < 4.78 is 25.8. The number of fused-ring (bicyclic) bond motifs is 1. The summed E-state index contributed by atoms with van der Waals surface area (Å²) >= 11 is 0. The van der Waals surface area contributed by atoms with Gasteiger partial charge in [0.2, 0.25) is 0 Å². The van der Waals surface area contributed by atoms with Crippen molar-refractivity contribution >= 4 is 21.2 Å². The van der Waals surface area contributed by atoms with Gasteiger partial charge in [-0.15, -0.1) is 0 Å². The lowest BCUT2D eigenvalue weighted by atomic mass is 10.2. The van der Waals surface area contributed by atoms with Crippen molar-refractivity contribution < 1.29 is 12.6 Å². The van der Waals surface area contributed by atoms with Gasteiger partial charge < -0.3 is 4.18 Å². The van der Waals surface area contributed by atoms with Crippen LogP contribution in [-0.2, 0) is 10.3 Å². The number of rotatable bonds is 2. The number of aromatic nitrogens is 1. The van der Waals surface area contributed by atoms with E-state index < -0.39 is 10.3 Å². The molecule has 78 valence electrons. The van der Waals surface area contributed by atoms with E-state index in [0.717, 1.165) is 10.9 Å². The van der Waals surface area contributed by atoms with Crippen LogP contribution in [0, 0.1) is 0 Å². The SMILES string of the molecule is NS(=O)(=O)Oc1cnc2ccccc2c1. The fraction of sp³-hybridized carbons (Fsp3) is 0. The Hall–Kier alpha value is -1.66. The minimum absolute atomic E-state index is 0.108. The van der Waals surface area contributed by atoms with Crippen LogP contribution in [-0.4, -0.2) is 13.4 Å². The van der Waals surface area contributed by atoms with Gasteiger partial charge in [0.1, 0.15) is 0 Å². The van der Waals surface area contributed by atoms with Crippen molar-refractivity contribution in [3.8, 4) is 5.75 Å². The summed E-state index contributed by atoms with van der Waals surface area (Å²) in [7, 11) is -3.99. The molecule has 0 saturated carbocycles. The van der Waals surface area contributed by atoms with Gasteiger partial charge in [-0.3, -0.25) is 4.98 Å². The molecule has 0 unspecified atom stereocenters. The first kappa shape index (κ1) is 9.88. The van der Waals surface area contributed by atoms with Crippen molar-refractivity contribution in [2.45, 2.75) is 0 Å². The van der Waals surface area contributed by atoms with E-state index in [0.29, 0.717) is 0 Å². The summed E-state index contributed by atoms with van der Waals surface area (Å²) in [6.07, 6.45) is 1.31. The molecule has 1 heterocycles. The first-order valence-electron chi connectivity index (χ1n) is 4.12. The molecule has 2 aromatic rings. The highest BCUT2D eigenvalue weighted by Crippen LogP contribution is 2.18. The highest BCUT2D eigenvalue weighted by atomic mass is 32.2. The molecule has 0 saturated heterocycles. The van der Waals surface area contributed by atoms with Gasteiger partial charge in [-0.05, 0) is 12.1 Å². The van der Waals surface area contributed by atoms with Crippen LogP contribution >= 0.6 is 0 Å². The number of para-hydroxylation sites is 1. The summed E-state index contributed by atoms with van der Waals surface area (Å²) in [6.45, 7) is 0. The number of benzene rings is 1. The lowest BCUT2D eigenvalue weighted by Crippen LogP contribution is -2.18. The Morgan fingerprint density at radius 3 is 2.73 bits per heavy atom. The van der Waals surface area contributed by atoms with E-state index in [-0.39, 0.29) is 5.75 Å². The van der Waals surface area contributed by atoms with Gasteiger partial charge in [0.25, 0.3) is 0 Å². The predicted molar refractivity (Wildman–Crippen MR) is 55.5 cm³/mol. The number of nitrogens with two attached hydrogens (primary N) is 1. The Bertz CT molecular complexity index is 595. The monoisotopic (exact) mass is 224 g/mol. The third-order valence-corrected chi connectivity index (χ3v) is 2.20. The Morgan fingerprint density at radius 2 is 2.00 bits per heavy atom. The van der Waals surface area contributed by atoms with Crippen LogP contribution in [0.5, 0.6) is 5.75 Å². The van der Waals surface area contributed by atoms with Crippen LogP contribution in [0.25, 0.3) is 10.9 Å². The molecule has 2 rings (SSSR count). The molecule has 5 nitrogen and oxygen atoms in total. The molecule has 0 radical (unpaired) electrons. The van der Waals surface area contributed by atoms with Gasteiger partial charge in [-0.1, -0.05) is 18.2 Å². The molecule has 0 fully saturated rings. The molecule has 0 bridgehead atoms. The number of hydrogen-bond acceptors (Lipinski definition) is 4. The third kappa shape index (κ3) is 2.42. The van der Waals surface area contributed by atoms with Crippen LogP contribution in [0.1, 0.15) is 0 Å². The summed E-state index contributed by atoms with van der Waals surface area (Å²) in [5, 5.41) is 5.52. The lowest BCUT2D eigenvalue weighted by molar-refractivity contribution is 0.487. The van der Waals surface area contributed by atoms with E-state index >= 15 is 0 Å². The van der Waals surface area contributed by atoms with Crippen LogP contribution in [0.2, 0.25) is 0 Å². The van der Waals surface area contributed by atoms with E-state index in [9.17, 15) is 8.42 Å². The zero-order chi connectivity index (χ0) is 10.9. The molecular weight excluding hydrogens is 216 g/mol. The van der Waals surface area contributed by atoms with Crippen LogP contribution in [0.15, 0.2) is 36.5 Å². The minimum Gasteiger partial charge on any atom is -0.369 e. The smallest absolute Gasteiger partial charge is 0.369 e. The van der Waals surface area contributed by atoms with Gasteiger partial charge >= 0.3 is 10.3 Å². The summed E-state index contributed by atoms with van der Waals surface area (Å²) in [5.41, 5.74) is 0.763. The maximum atomic E-state index is 10.7. The number of pyridine rings is 1. The summed E-state index contributed by atoms with van der Waals surface area (Å²) in [5.74, 6) is 0.108. The average Bonchev–Trinajstić information content (AvgIpc) is 2.15. The molecule has 1 aromatic heterocycles. The fourth-order valence-corrected chi connectivity index (χ4v) is 1.59. The van der Waals surface area contributed by atoms with E-state index in [1.165, 1.54) is 6.20 Å². The first-order chi connectivity index (χ1) is 7.04. The quantitative estimate of drug-likeness (QED) is 0.818. The normalized spacial score (nSPS) is 11.5. The summed E-state index contributed by atoms with van der Waals surface area (Å²) in [6, 6.07) is 8.85. The van der Waals surface area contributed by atoms with Crippen molar-refractivity contribution in [3.63, 3.8) is 0 Å². The van der Waals surface area contributed by atoms with Crippen LogP contribution < -0.4 is 9.32 Å². The topological polar surface area (TPSA) is 82.3 Å². The molecule has 1 aromatic carbocycles. The molecule has 6 heteroatoms. The van der Waals surface area contributed by atoms with E-state index in [1.54, 1.807) is 12.1 Å². The number of hydrogen-bond donors (Lipinski definition) is 1. The Kier molecular flexibility index (Phi) is 2.29. The predicted octanol–water partition coefficient (Wildman–Crippen LogP) is 0.817. The van der Waals surface area contributed by atoms with Gasteiger partial charge in [0.05, 0.1) is 11.7 Å². The molecule has 2 N–H and O–H groups in total. The van der Waals surface area contributed by atoms with Gasteiger partial charge in [0, 0.05) is 5.39 Å². The maximum Gasteiger partial charge on any atom is 0.380 e. The largest absolute Gasteiger partial charge is 0.380 e. The van der Waals surface area contributed by atoms with Crippen LogP contribution in [0.4, 0.5) is 0 Å². The molecule has 0 amide bonds. The van der Waals surface area contributed by atoms with Crippen molar-refractivity contribution in [3.05, 3.63) is 36.5 Å². The average molecular weight is 224 g/mol. The Labute approximate surface area is 86.8 Å². The molecule has 15 heavy (non-hydrogen) atoms. The Balaban J connectivity index is 2.48. The van der Waals surface area contributed by atoms with Gasteiger partial charge in [-0.25, -0.2) is 0 Å². The fourth-order valence-electron chi connectivity index (χ4n) is 1.23. The minimum atomic E-state index is -3.99. The van der Waals surface area contributed by atoms with E-state index in [2.05, 4.69) is 9.17 Å². The van der Waals surface area contributed by atoms with E-state index in [4.69, 9.17) is 5.14 Å². The van der Waals surface area contributed by atoms with Gasteiger partial charge in [-0.2, -0.15) is 13.6 Å². The maximum absolute atomic E-state index is 10.7. The van der Waals surface area contributed by atoms with Gasteiger partial charge in [0.15, 0.2) is 5.75 Å². The molecule has 0 aliphatic rings. The first-order valence-corrected chi connectivity index (χ1v) is 5.59. The zero-order valence-electron chi connectivity index (χ0n) is 7.62. The third-order valence-electron chi connectivity index (χ3n) is 1.78. The highest BCUT2D eigenvalue weighted by Gasteiger charge is 2.05. The molecule has 0 atom stereocenters.